The number of hydrogen-bond acceptors (Lipinski definition) is 3. The second-order valence-corrected chi connectivity index (χ2v) is 3.61. The molecule has 2 N–H and O–H groups in total. The highest BCUT2D eigenvalue weighted by Crippen LogP contribution is 2.17. The van der Waals surface area contributed by atoms with Gasteiger partial charge in [0.15, 0.2) is 0 Å². The second kappa shape index (κ2) is 7.04. The molecule has 0 saturated heterocycles. The lowest BCUT2D eigenvalue weighted by molar-refractivity contribution is -0.142. The van der Waals surface area contributed by atoms with Crippen molar-refractivity contribution in [3.63, 3.8) is 0 Å². The fourth-order valence-electron chi connectivity index (χ4n) is 1.18. The van der Waals surface area contributed by atoms with Crippen molar-refractivity contribution in [1.82, 2.24) is 9.80 Å². The third-order valence-corrected chi connectivity index (χ3v) is 2.00. The van der Waals surface area contributed by atoms with Gasteiger partial charge in [0.05, 0.1) is 13.0 Å². The highest BCUT2D eigenvalue weighted by Gasteiger charge is 2.33. The lowest BCUT2D eigenvalue weighted by Gasteiger charge is -2.28. The summed E-state index contributed by atoms with van der Waals surface area (Å²) in [6.07, 6.45) is -4.93. The van der Waals surface area contributed by atoms with Crippen LogP contribution in [0, 0.1) is 0 Å². The Bertz CT molecular complexity index is 296. The summed E-state index contributed by atoms with van der Waals surface area (Å²) in [4.78, 5) is 23.1. The van der Waals surface area contributed by atoms with Crippen LogP contribution in [0.2, 0.25) is 0 Å². The van der Waals surface area contributed by atoms with Gasteiger partial charge in [-0.1, -0.05) is 0 Å². The van der Waals surface area contributed by atoms with E-state index in [4.69, 9.17) is 10.2 Å². The maximum Gasteiger partial charge on any atom is 0.406 e. The molecule has 6 nitrogen and oxygen atoms in total. The van der Waals surface area contributed by atoms with E-state index >= 15 is 0 Å². The monoisotopic (exact) mass is 272 g/mol. The molecular weight excluding hydrogens is 257 g/mol. The van der Waals surface area contributed by atoms with Crippen LogP contribution in [-0.4, -0.2) is 71.5 Å². The summed E-state index contributed by atoms with van der Waals surface area (Å²) in [6, 6.07) is -0.970. The number of urea groups is 1. The molecule has 0 atom stereocenters. The van der Waals surface area contributed by atoms with Crippen molar-refractivity contribution in [3.8, 4) is 0 Å². The van der Waals surface area contributed by atoms with E-state index in [9.17, 15) is 22.8 Å². The molecule has 0 aliphatic rings. The lowest BCUT2D eigenvalue weighted by Crippen LogP contribution is -2.47. The Hall–Kier alpha value is -1.51. The maximum atomic E-state index is 12.2. The minimum absolute atomic E-state index is 0.200. The number of aliphatic hydroxyl groups excluding tert-OH is 1. The number of carboxylic acids is 1. The first-order valence-electron chi connectivity index (χ1n) is 5.07. The van der Waals surface area contributed by atoms with Gasteiger partial charge in [0.1, 0.15) is 6.54 Å². The number of nitrogens with zero attached hydrogens (tertiary/aromatic N) is 2. The molecule has 0 aromatic carbocycles. The van der Waals surface area contributed by atoms with Crippen molar-refractivity contribution >= 4 is 12.0 Å². The number of alkyl halides is 3. The predicted molar refractivity (Wildman–Crippen MR) is 55.0 cm³/mol. The van der Waals surface area contributed by atoms with Crippen molar-refractivity contribution in [1.29, 1.82) is 0 Å². The van der Waals surface area contributed by atoms with Crippen molar-refractivity contribution in [3.05, 3.63) is 0 Å². The fourth-order valence-corrected chi connectivity index (χ4v) is 1.18. The molecule has 0 radical (unpaired) electrons. The molecule has 0 heterocycles. The summed E-state index contributed by atoms with van der Waals surface area (Å²) < 4.78 is 36.5. The Kier molecular flexibility index (Phi) is 6.45. The minimum atomic E-state index is -4.57. The van der Waals surface area contributed by atoms with Gasteiger partial charge in [0, 0.05) is 20.1 Å². The fraction of sp³-hybridized carbons (Fsp3) is 0.778. The van der Waals surface area contributed by atoms with Gasteiger partial charge >= 0.3 is 18.2 Å². The predicted octanol–water partition coefficient (Wildman–Crippen LogP) is 0.369. The number of carboxylic acid groups (broad SMARTS) is 1. The Balaban J connectivity index is 4.49. The van der Waals surface area contributed by atoms with Crippen LogP contribution < -0.4 is 0 Å². The average molecular weight is 272 g/mol. The normalized spacial score (nSPS) is 11.2. The Morgan fingerprint density at radius 1 is 1.22 bits per heavy atom. The van der Waals surface area contributed by atoms with E-state index in [1.807, 2.05) is 0 Å². The molecule has 0 rings (SSSR count). The molecule has 0 spiro atoms. The van der Waals surface area contributed by atoms with Gasteiger partial charge in [-0.3, -0.25) is 4.79 Å². The summed E-state index contributed by atoms with van der Waals surface area (Å²) in [5.41, 5.74) is 0. The molecule has 0 bridgehead atoms. The van der Waals surface area contributed by atoms with Gasteiger partial charge in [-0.2, -0.15) is 13.2 Å². The van der Waals surface area contributed by atoms with E-state index < -0.39 is 37.9 Å². The van der Waals surface area contributed by atoms with Crippen molar-refractivity contribution in [2.45, 2.75) is 12.6 Å². The summed E-state index contributed by atoms with van der Waals surface area (Å²) in [5, 5.41) is 17.0. The van der Waals surface area contributed by atoms with Crippen molar-refractivity contribution < 1.29 is 33.0 Å². The van der Waals surface area contributed by atoms with E-state index in [2.05, 4.69) is 0 Å². The molecule has 0 saturated carbocycles. The molecular formula is C9H15F3N2O4. The average Bonchev–Trinajstić information content (AvgIpc) is 2.22. The first-order chi connectivity index (χ1) is 8.17. The van der Waals surface area contributed by atoms with Crippen LogP contribution in [0.4, 0.5) is 18.0 Å². The first-order valence-corrected chi connectivity index (χ1v) is 5.07. The Morgan fingerprint density at radius 3 is 2.17 bits per heavy atom. The molecule has 0 aromatic heterocycles. The molecule has 0 aromatic rings. The quantitative estimate of drug-likeness (QED) is 0.732. The Labute approximate surface area is 102 Å². The smallest absolute Gasteiger partial charge is 0.406 e. The first kappa shape index (κ1) is 16.5. The van der Waals surface area contributed by atoms with Gasteiger partial charge in [0.2, 0.25) is 0 Å². The van der Waals surface area contributed by atoms with Crippen LogP contribution in [0.1, 0.15) is 6.42 Å². The largest absolute Gasteiger partial charge is 0.481 e. The zero-order valence-electron chi connectivity index (χ0n) is 9.77. The topological polar surface area (TPSA) is 81.1 Å². The van der Waals surface area contributed by atoms with E-state index in [0.717, 1.165) is 4.90 Å². The van der Waals surface area contributed by atoms with Gasteiger partial charge < -0.3 is 20.0 Å². The molecule has 0 unspecified atom stereocenters. The zero-order valence-corrected chi connectivity index (χ0v) is 9.77. The highest BCUT2D eigenvalue weighted by atomic mass is 19.4. The highest BCUT2D eigenvalue weighted by molar-refractivity contribution is 5.75. The summed E-state index contributed by atoms with van der Waals surface area (Å²) in [6.45, 7) is -2.75. The van der Waals surface area contributed by atoms with Crippen LogP contribution in [0.3, 0.4) is 0 Å². The van der Waals surface area contributed by atoms with Crippen LogP contribution in [0.25, 0.3) is 0 Å². The van der Waals surface area contributed by atoms with E-state index in [0.29, 0.717) is 4.90 Å². The number of amides is 2. The zero-order chi connectivity index (χ0) is 14.3. The van der Waals surface area contributed by atoms with Crippen LogP contribution in [0.15, 0.2) is 0 Å². The number of hydrogen-bond donors (Lipinski definition) is 2. The van der Waals surface area contributed by atoms with E-state index in [-0.39, 0.29) is 13.0 Å². The molecule has 0 aliphatic carbocycles. The van der Waals surface area contributed by atoms with Gasteiger partial charge in [-0.15, -0.1) is 0 Å². The number of carbonyl (C=O) groups excluding carboxylic acids is 1. The Morgan fingerprint density at radius 2 is 1.78 bits per heavy atom. The summed E-state index contributed by atoms with van der Waals surface area (Å²) in [5.74, 6) is -1.15. The number of carbonyl (C=O) groups is 2. The molecule has 9 heteroatoms. The van der Waals surface area contributed by atoms with Gasteiger partial charge in [-0.05, 0) is 0 Å². The second-order valence-electron chi connectivity index (χ2n) is 3.61. The minimum Gasteiger partial charge on any atom is -0.481 e. The molecule has 2 amide bonds. The third kappa shape index (κ3) is 6.94. The van der Waals surface area contributed by atoms with Crippen LogP contribution >= 0.6 is 0 Å². The summed E-state index contributed by atoms with van der Waals surface area (Å²) in [7, 11) is 1.20. The SMILES string of the molecule is CN(CCC(=O)O)C(=O)N(CCO)CC(F)(F)F. The van der Waals surface area contributed by atoms with Crippen LogP contribution in [-0.2, 0) is 4.79 Å². The number of rotatable bonds is 6. The number of aliphatic hydroxyl groups is 1. The molecule has 0 aliphatic heterocycles. The van der Waals surface area contributed by atoms with Gasteiger partial charge in [0.25, 0.3) is 0 Å². The lowest BCUT2D eigenvalue weighted by atomic mass is 10.4. The van der Waals surface area contributed by atoms with Crippen LogP contribution in [0.5, 0.6) is 0 Å². The summed E-state index contributed by atoms with van der Waals surface area (Å²) >= 11 is 0. The third-order valence-electron chi connectivity index (χ3n) is 2.00. The molecule has 106 valence electrons. The van der Waals surface area contributed by atoms with Crippen molar-refractivity contribution in [2.24, 2.45) is 0 Å². The maximum absolute atomic E-state index is 12.2. The molecule has 0 fully saturated rings. The van der Waals surface area contributed by atoms with Gasteiger partial charge in [-0.25, -0.2) is 4.79 Å². The van der Waals surface area contributed by atoms with E-state index in [1.165, 1.54) is 7.05 Å². The molecule has 18 heavy (non-hydrogen) atoms. The van der Waals surface area contributed by atoms with Crippen molar-refractivity contribution in [2.75, 3.05) is 33.3 Å². The van der Waals surface area contributed by atoms with E-state index in [1.54, 1.807) is 0 Å². The number of aliphatic carboxylic acids is 1. The number of halogens is 3. The standard InChI is InChI=1S/C9H15F3N2O4/c1-13(3-2-7(16)17)8(18)14(4-5-15)6-9(10,11)12/h15H,2-6H2,1H3,(H,16,17).